The van der Waals surface area contributed by atoms with Gasteiger partial charge in [0.15, 0.2) is 0 Å². The van der Waals surface area contributed by atoms with E-state index in [0.717, 1.165) is 11.1 Å². The second-order valence-electron chi connectivity index (χ2n) is 4.40. The minimum atomic E-state index is -3.48. The number of rotatable bonds is 1. The molecule has 0 aromatic heterocycles. The monoisotopic (exact) mass is 307 g/mol. The fraction of sp³-hybridized carbons (Fsp3) is 0. The van der Waals surface area contributed by atoms with Crippen LogP contribution in [-0.4, -0.2) is 10.9 Å². The SMILES string of the molecule is N=C(NS)N[PH]1(O)Oc2ccccc2-c2ccccc21. The fourth-order valence-corrected chi connectivity index (χ4v) is 4.56. The van der Waals surface area contributed by atoms with Gasteiger partial charge in [0.05, 0.1) is 0 Å². The number of guanidine groups is 1. The summed E-state index contributed by atoms with van der Waals surface area (Å²) in [4.78, 5) is 10.9. The Hall–Kier alpha value is -1.75. The molecule has 0 atom stereocenters. The van der Waals surface area contributed by atoms with E-state index in [2.05, 4.69) is 22.6 Å². The Morgan fingerprint density at radius 3 is 2.50 bits per heavy atom. The standard InChI is InChI=1S/C13H14N3O2PS/c14-13(16-20)15-19(17)12-8-4-2-6-10(12)9-5-1-3-7-11(9)18-19/h1-8,17,19-20H,(H3,14,15,16). The van der Waals surface area contributed by atoms with E-state index in [1.807, 2.05) is 48.5 Å². The minimum absolute atomic E-state index is 0.100. The molecule has 7 heteroatoms. The van der Waals surface area contributed by atoms with Crippen molar-refractivity contribution in [2.24, 2.45) is 0 Å². The van der Waals surface area contributed by atoms with E-state index >= 15 is 0 Å². The zero-order valence-corrected chi connectivity index (χ0v) is 12.3. The Morgan fingerprint density at radius 2 is 1.75 bits per heavy atom. The number of thiol groups is 1. The van der Waals surface area contributed by atoms with Crippen molar-refractivity contribution in [2.75, 3.05) is 0 Å². The average molecular weight is 307 g/mol. The van der Waals surface area contributed by atoms with Crippen molar-refractivity contribution in [3.05, 3.63) is 48.5 Å². The maximum atomic E-state index is 10.9. The molecule has 2 aromatic rings. The van der Waals surface area contributed by atoms with Crippen LogP contribution >= 0.6 is 20.7 Å². The van der Waals surface area contributed by atoms with Crippen LogP contribution in [0.3, 0.4) is 0 Å². The summed E-state index contributed by atoms with van der Waals surface area (Å²) >= 11 is 3.80. The van der Waals surface area contributed by atoms with E-state index in [4.69, 9.17) is 9.93 Å². The second kappa shape index (κ2) is 4.98. The average Bonchev–Trinajstić information content (AvgIpc) is 2.47. The molecule has 0 fully saturated rings. The second-order valence-corrected chi connectivity index (χ2v) is 6.90. The van der Waals surface area contributed by atoms with Gasteiger partial charge in [-0.3, -0.25) is 0 Å². The molecule has 1 aliphatic heterocycles. The van der Waals surface area contributed by atoms with Crippen LogP contribution in [-0.2, 0) is 0 Å². The summed E-state index contributed by atoms with van der Waals surface area (Å²) in [7, 11) is -3.48. The Bertz CT molecular complexity index is 682. The molecule has 0 spiro atoms. The van der Waals surface area contributed by atoms with Gasteiger partial charge >= 0.3 is 122 Å². The molecule has 0 radical (unpaired) electrons. The van der Waals surface area contributed by atoms with Crippen molar-refractivity contribution in [2.45, 2.75) is 0 Å². The first-order valence-electron chi connectivity index (χ1n) is 6.01. The molecule has 0 bridgehead atoms. The third kappa shape index (κ3) is 2.12. The first-order chi connectivity index (χ1) is 9.64. The van der Waals surface area contributed by atoms with E-state index in [1.54, 1.807) is 0 Å². The number of para-hydroxylation sites is 1. The molecule has 5 nitrogen and oxygen atoms in total. The van der Waals surface area contributed by atoms with E-state index in [1.165, 1.54) is 0 Å². The van der Waals surface area contributed by atoms with Crippen molar-refractivity contribution < 1.29 is 9.42 Å². The zero-order chi connectivity index (χ0) is 14.2. The van der Waals surface area contributed by atoms with Gasteiger partial charge in [0.1, 0.15) is 0 Å². The molecular weight excluding hydrogens is 293 g/mol. The van der Waals surface area contributed by atoms with Crippen molar-refractivity contribution in [3.63, 3.8) is 0 Å². The molecule has 1 heterocycles. The molecule has 0 unspecified atom stereocenters. The van der Waals surface area contributed by atoms with Gasteiger partial charge in [0, 0.05) is 0 Å². The normalized spacial score (nSPS) is 16.1. The molecular formula is C13H14N3O2PS. The summed E-state index contributed by atoms with van der Waals surface area (Å²) in [5.41, 5.74) is 1.86. The van der Waals surface area contributed by atoms with Gasteiger partial charge in [-0.25, -0.2) is 0 Å². The van der Waals surface area contributed by atoms with Crippen LogP contribution in [0.5, 0.6) is 5.75 Å². The summed E-state index contributed by atoms with van der Waals surface area (Å²) in [6, 6.07) is 15.0. The van der Waals surface area contributed by atoms with Gasteiger partial charge in [-0.2, -0.15) is 0 Å². The van der Waals surface area contributed by atoms with Crippen molar-refractivity contribution in [3.8, 4) is 16.9 Å². The van der Waals surface area contributed by atoms with E-state index < -0.39 is 7.87 Å². The quantitative estimate of drug-likeness (QED) is 0.241. The van der Waals surface area contributed by atoms with Crippen LogP contribution in [0.15, 0.2) is 48.5 Å². The van der Waals surface area contributed by atoms with Gasteiger partial charge in [0.25, 0.3) is 0 Å². The molecule has 4 N–H and O–H groups in total. The Kier molecular flexibility index (Phi) is 3.30. The van der Waals surface area contributed by atoms with Crippen LogP contribution in [0.25, 0.3) is 11.1 Å². The third-order valence-electron chi connectivity index (χ3n) is 3.13. The van der Waals surface area contributed by atoms with Gasteiger partial charge < -0.3 is 0 Å². The molecule has 3 rings (SSSR count). The Labute approximate surface area is 122 Å². The Balaban J connectivity index is 2.15. The molecule has 2 aromatic carbocycles. The first kappa shape index (κ1) is 13.2. The summed E-state index contributed by atoms with van der Waals surface area (Å²) in [6.07, 6.45) is 0. The third-order valence-corrected chi connectivity index (χ3v) is 5.63. The fourth-order valence-electron chi connectivity index (χ4n) is 2.30. The van der Waals surface area contributed by atoms with Gasteiger partial charge in [0.2, 0.25) is 0 Å². The molecule has 0 aliphatic carbocycles. The molecule has 1 aliphatic rings. The van der Waals surface area contributed by atoms with Crippen LogP contribution in [0.2, 0.25) is 0 Å². The van der Waals surface area contributed by atoms with E-state index in [9.17, 15) is 4.89 Å². The number of hydrogen-bond donors (Lipinski definition) is 5. The first-order valence-corrected chi connectivity index (χ1v) is 8.31. The molecule has 20 heavy (non-hydrogen) atoms. The van der Waals surface area contributed by atoms with Crippen LogP contribution < -0.4 is 19.6 Å². The summed E-state index contributed by atoms with van der Waals surface area (Å²) in [5, 5.41) is 11.0. The molecule has 0 amide bonds. The Morgan fingerprint density at radius 1 is 1.10 bits per heavy atom. The van der Waals surface area contributed by atoms with E-state index in [0.29, 0.717) is 11.1 Å². The van der Waals surface area contributed by atoms with Gasteiger partial charge in [-0.05, 0) is 0 Å². The summed E-state index contributed by atoms with van der Waals surface area (Å²) < 4.78 is 8.14. The summed E-state index contributed by atoms with van der Waals surface area (Å²) in [6.45, 7) is 0. The summed E-state index contributed by atoms with van der Waals surface area (Å²) in [5.74, 6) is 0.511. The van der Waals surface area contributed by atoms with Gasteiger partial charge in [-0.1, -0.05) is 0 Å². The van der Waals surface area contributed by atoms with Crippen molar-refractivity contribution >= 4 is 31.9 Å². The van der Waals surface area contributed by atoms with Crippen molar-refractivity contribution in [1.29, 1.82) is 5.41 Å². The van der Waals surface area contributed by atoms with E-state index in [-0.39, 0.29) is 5.96 Å². The predicted molar refractivity (Wildman–Crippen MR) is 85.7 cm³/mol. The topological polar surface area (TPSA) is 77.4 Å². The van der Waals surface area contributed by atoms with Gasteiger partial charge in [-0.15, -0.1) is 0 Å². The zero-order valence-electron chi connectivity index (χ0n) is 10.4. The van der Waals surface area contributed by atoms with Crippen LogP contribution in [0.4, 0.5) is 0 Å². The number of fused-ring (bicyclic) bond motifs is 3. The van der Waals surface area contributed by atoms with Crippen molar-refractivity contribution in [1.82, 2.24) is 9.81 Å². The number of nitrogens with one attached hydrogen (secondary N) is 3. The van der Waals surface area contributed by atoms with Crippen LogP contribution in [0, 0.1) is 5.41 Å². The van der Waals surface area contributed by atoms with Crippen LogP contribution in [0.1, 0.15) is 0 Å². The molecule has 0 saturated heterocycles. The molecule has 0 saturated carbocycles. The maximum absolute atomic E-state index is 10.9. The number of benzene rings is 2. The molecule has 104 valence electrons. The number of hydrogen-bond acceptors (Lipinski definition) is 4. The predicted octanol–water partition coefficient (Wildman–Crippen LogP) is 1.82.